The number of nitrogens with one attached hydrogen (secondary N) is 2. The normalized spacial score (nSPS) is 18.2. The zero-order chi connectivity index (χ0) is 30.8. The van der Waals surface area contributed by atoms with Gasteiger partial charge in [0.05, 0.1) is 0 Å². The minimum atomic E-state index is -1.36. The topological polar surface area (TPSA) is 236 Å². The molecule has 4 rings (SSSR count). The van der Waals surface area contributed by atoms with E-state index in [0.29, 0.717) is 12.0 Å². The summed E-state index contributed by atoms with van der Waals surface area (Å²) in [6.07, 6.45) is -0.202. The Labute approximate surface area is 249 Å². The number of nitrogens with zero attached hydrogens (tertiary/aromatic N) is 6. The molecule has 4 heterocycles. The number of anilines is 1. The second-order valence-corrected chi connectivity index (χ2v) is 12.3. The molecule has 2 aliphatic heterocycles. The van der Waals surface area contributed by atoms with Crippen molar-refractivity contribution in [2.24, 2.45) is 0 Å². The van der Waals surface area contributed by atoms with Crippen molar-refractivity contribution in [3.8, 4) is 0 Å². The van der Waals surface area contributed by atoms with Crippen LogP contribution in [-0.2, 0) is 30.5 Å². The molecule has 2 aliphatic rings. The lowest BCUT2D eigenvalue weighted by atomic mass is 10.0. The molecule has 3 amide bonds. The average Bonchev–Trinajstić information content (AvgIpc) is 3.57. The number of tetrazole rings is 1. The highest BCUT2D eigenvalue weighted by Crippen LogP contribution is 2.41. The number of fused-ring (bicyclic) bond motifs is 1. The number of thioether (sulfide) groups is 2. The van der Waals surface area contributed by atoms with Crippen molar-refractivity contribution in [1.82, 2.24) is 35.4 Å². The Morgan fingerprint density at radius 2 is 1.98 bits per heavy atom. The minimum absolute atomic E-state index is 0.0374. The fourth-order valence-corrected chi connectivity index (χ4v) is 6.71. The quantitative estimate of drug-likeness (QED) is 0.108. The largest absolute Gasteiger partial charge is 0.480 e. The number of ether oxygens (including phenoxy) is 1. The number of carbonyl (C=O) groups excluding carboxylic acids is 4. The highest BCUT2D eigenvalue weighted by Gasteiger charge is 2.54. The van der Waals surface area contributed by atoms with Crippen LogP contribution in [0.3, 0.4) is 0 Å². The lowest BCUT2D eigenvalue weighted by Crippen LogP contribution is -2.71. The number of ketones is 1. The fourth-order valence-electron chi connectivity index (χ4n) is 3.67. The first kappa shape index (κ1) is 30.9. The van der Waals surface area contributed by atoms with Gasteiger partial charge in [0.2, 0.25) is 5.16 Å². The van der Waals surface area contributed by atoms with E-state index in [4.69, 9.17) is 9.84 Å². The van der Waals surface area contributed by atoms with Crippen LogP contribution >= 0.6 is 34.9 Å². The van der Waals surface area contributed by atoms with Crippen LogP contribution in [0.4, 0.5) is 9.93 Å². The maximum Gasteiger partial charge on any atom is 0.413 e. The third-order valence-corrected chi connectivity index (χ3v) is 9.21. The highest BCUT2D eigenvalue weighted by molar-refractivity contribution is 8.01. The van der Waals surface area contributed by atoms with E-state index in [2.05, 4.69) is 31.1 Å². The molecule has 1 saturated heterocycles. The van der Waals surface area contributed by atoms with E-state index < -0.39 is 59.2 Å². The van der Waals surface area contributed by atoms with E-state index in [1.54, 1.807) is 13.8 Å². The minimum Gasteiger partial charge on any atom is -0.480 e. The number of aromatic nitrogens is 5. The molecule has 0 aromatic carbocycles. The van der Waals surface area contributed by atoms with Crippen LogP contribution in [-0.4, -0.2) is 104 Å². The van der Waals surface area contributed by atoms with E-state index in [-0.39, 0.29) is 33.2 Å². The zero-order valence-corrected chi connectivity index (χ0v) is 24.7. The maximum absolute atomic E-state index is 12.9. The number of rotatable bonds is 12. The number of amides is 3. The third-order valence-electron chi connectivity index (χ3n) is 6.07. The predicted molar refractivity (Wildman–Crippen MR) is 147 cm³/mol. The Morgan fingerprint density at radius 1 is 1.24 bits per heavy atom. The van der Waals surface area contributed by atoms with Crippen LogP contribution in [0.1, 0.15) is 37.7 Å². The summed E-state index contributed by atoms with van der Waals surface area (Å²) in [7, 11) is 0. The lowest BCUT2D eigenvalue weighted by molar-refractivity contribution is -0.150. The molecule has 1 unspecified atom stereocenters. The average molecular weight is 641 g/mol. The van der Waals surface area contributed by atoms with Crippen LogP contribution < -0.4 is 10.6 Å². The smallest absolute Gasteiger partial charge is 0.413 e. The molecular formula is C22H24N8O9S3. The van der Waals surface area contributed by atoms with Crippen LogP contribution in [0.15, 0.2) is 21.8 Å². The van der Waals surface area contributed by atoms with Gasteiger partial charge >= 0.3 is 18.0 Å². The molecule has 224 valence electrons. The molecule has 0 radical (unpaired) electrons. The first-order valence-electron chi connectivity index (χ1n) is 12.1. The number of Topliss-reactive ketones (excluding diaryl/α,β-unsaturated/α-hetero) is 1. The van der Waals surface area contributed by atoms with Gasteiger partial charge in [-0.1, -0.05) is 18.7 Å². The third kappa shape index (κ3) is 6.71. The summed E-state index contributed by atoms with van der Waals surface area (Å²) in [6, 6.07) is -1.15. The van der Waals surface area contributed by atoms with Crippen LogP contribution in [0, 0.1) is 0 Å². The van der Waals surface area contributed by atoms with Gasteiger partial charge in [0, 0.05) is 16.9 Å². The van der Waals surface area contributed by atoms with Gasteiger partial charge in [0.15, 0.2) is 5.13 Å². The van der Waals surface area contributed by atoms with Gasteiger partial charge in [0.1, 0.15) is 35.0 Å². The van der Waals surface area contributed by atoms with Crippen LogP contribution in [0.25, 0.3) is 0 Å². The molecule has 2 aromatic rings. The summed E-state index contributed by atoms with van der Waals surface area (Å²) in [6.45, 7) is 4.82. The number of β-lactam (4-membered cyclic amide) rings is 1. The molecule has 1 fully saturated rings. The van der Waals surface area contributed by atoms with Crippen LogP contribution in [0.5, 0.6) is 0 Å². The van der Waals surface area contributed by atoms with E-state index in [1.807, 2.05) is 6.92 Å². The van der Waals surface area contributed by atoms with E-state index in [0.717, 1.165) is 32.7 Å². The maximum atomic E-state index is 12.9. The highest BCUT2D eigenvalue weighted by atomic mass is 32.2. The number of hydrogen-bond acceptors (Lipinski definition) is 14. The number of carbonyl (C=O) groups is 6. The summed E-state index contributed by atoms with van der Waals surface area (Å²) < 4.78 is 6.31. The second kappa shape index (κ2) is 12.4. The monoisotopic (exact) mass is 640 g/mol. The summed E-state index contributed by atoms with van der Waals surface area (Å²) in [5.41, 5.74) is -0.858. The number of hydrogen-bond donors (Lipinski definition) is 4. The van der Waals surface area contributed by atoms with Crippen molar-refractivity contribution in [2.75, 3.05) is 16.8 Å². The molecule has 2 aromatic heterocycles. The number of aliphatic carboxylic acids is 2. The van der Waals surface area contributed by atoms with Crippen molar-refractivity contribution in [3.63, 3.8) is 0 Å². The number of carboxylic acid groups (broad SMARTS) is 2. The van der Waals surface area contributed by atoms with Gasteiger partial charge in [-0.05, 0) is 36.3 Å². The summed E-state index contributed by atoms with van der Waals surface area (Å²) in [5, 5.41) is 35.0. The first-order chi connectivity index (χ1) is 19.8. The Bertz CT molecular complexity index is 1490. The molecule has 42 heavy (non-hydrogen) atoms. The van der Waals surface area contributed by atoms with Crippen LogP contribution in [0.2, 0.25) is 0 Å². The first-order valence-corrected chi connectivity index (χ1v) is 15.0. The van der Waals surface area contributed by atoms with Gasteiger partial charge in [-0.15, -0.1) is 28.2 Å². The van der Waals surface area contributed by atoms with Gasteiger partial charge in [-0.2, -0.15) is 0 Å². The van der Waals surface area contributed by atoms with Crippen molar-refractivity contribution in [1.29, 1.82) is 0 Å². The predicted octanol–water partition coefficient (Wildman–Crippen LogP) is 0.665. The standard InChI is InChI=1S/C22H24N8O9S3/c1-4-22(2,3)39-21(38)25-19-23-10(8-41-19)14(33)15(34)24-12-16(35)30-13(18(36)37)9(6-40-17(12)30)7-42-20-26-27-28-29(20)5-11(31)32/h8,12,17H,4-7H2,1-3H3,(H,24,34)(H,31,32)(H,36,37)(H,23,25,38)/t12?,17-/m1/s1. The Hall–Kier alpha value is -4.04. The SMILES string of the molecule is CCC(C)(C)OC(=O)Nc1nc(C(=O)C(=O)NC2C(=O)N3C(C(=O)O)=C(CSc4nnnn4CC(=O)O)CS[C@H]23)cs1. The summed E-state index contributed by atoms with van der Waals surface area (Å²) in [5.74, 6) is -5.16. The summed E-state index contributed by atoms with van der Waals surface area (Å²) in [4.78, 5) is 78.4. The van der Waals surface area contributed by atoms with Crippen molar-refractivity contribution < 1.29 is 43.7 Å². The molecular weight excluding hydrogens is 616 g/mol. The fraction of sp³-hybridized carbons (Fsp3) is 0.455. The van der Waals surface area contributed by atoms with Gasteiger partial charge < -0.3 is 20.3 Å². The van der Waals surface area contributed by atoms with E-state index >= 15 is 0 Å². The molecule has 2 atom stereocenters. The van der Waals surface area contributed by atoms with Crippen molar-refractivity contribution in [3.05, 3.63) is 22.3 Å². The van der Waals surface area contributed by atoms with E-state index in [1.165, 1.54) is 17.1 Å². The number of carboxylic acids is 2. The van der Waals surface area contributed by atoms with E-state index in [9.17, 15) is 33.9 Å². The molecule has 0 spiro atoms. The Kier molecular flexibility index (Phi) is 9.16. The van der Waals surface area contributed by atoms with Crippen molar-refractivity contribution in [2.45, 2.75) is 55.9 Å². The molecule has 20 heteroatoms. The molecule has 0 aliphatic carbocycles. The molecule has 4 N–H and O–H groups in total. The van der Waals surface area contributed by atoms with Crippen molar-refractivity contribution >= 4 is 75.6 Å². The van der Waals surface area contributed by atoms with Gasteiger partial charge in [-0.3, -0.25) is 29.4 Å². The van der Waals surface area contributed by atoms with Gasteiger partial charge in [-0.25, -0.2) is 19.3 Å². The summed E-state index contributed by atoms with van der Waals surface area (Å²) >= 11 is 3.11. The molecule has 17 nitrogen and oxygen atoms in total. The lowest BCUT2D eigenvalue weighted by Gasteiger charge is -2.49. The Morgan fingerprint density at radius 3 is 2.64 bits per heavy atom. The molecule has 0 saturated carbocycles. The number of thiazole rings is 1. The zero-order valence-electron chi connectivity index (χ0n) is 22.2. The Balaban J connectivity index is 1.38. The second-order valence-electron chi connectivity index (χ2n) is 9.41. The molecule has 0 bridgehead atoms. The van der Waals surface area contributed by atoms with Gasteiger partial charge in [0.25, 0.3) is 17.6 Å².